The number of aryl methyl sites for hydroxylation is 2. The van der Waals surface area contributed by atoms with Gasteiger partial charge in [-0.05, 0) is 38.5 Å². The van der Waals surface area contributed by atoms with Crippen molar-refractivity contribution in [2.75, 3.05) is 5.32 Å². The summed E-state index contributed by atoms with van der Waals surface area (Å²) in [5.74, 6) is 0.734. The van der Waals surface area contributed by atoms with Crippen LogP contribution >= 0.6 is 11.6 Å². The second kappa shape index (κ2) is 4.45. The molecule has 1 N–H and O–H groups in total. The zero-order valence-corrected chi connectivity index (χ0v) is 11.7. The summed E-state index contributed by atoms with van der Waals surface area (Å²) >= 11 is 6.11. The Morgan fingerprint density at radius 1 is 1.24 bits per heavy atom. The lowest BCUT2D eigenvalue weighted by Crippen LogP contribution is -2.19. The minimum atomic E-state index is 0.428. The van der Waals surface area contributed by atoms with Gasteiger partial charge in [-0.1, -0.05) is 25.4 Å². The summed E-state index contributed by atoms with van der Waals surface area (Å²) in [5.41, 5.74) is 2.26. The van der Waals surface area contributed by atoms with Crippen LogP contribution in [0, 0.1) is 19.3 Å². The zero-order valence-electron chi connectivity index (χ0n) is 11.0. The fourth-order valence-corrected chi connectivity index (χ4v) is 2.64. The van der Waals surface area contributed by atoms with Crippen molar-refractivity contribution in [2.45, 2.75) is 53.0 Å². The Morgan fingerprint density at radius 2 is 1.88 bits per heavy atom. The molecule has 17 heavy (non-hydrogen) atoms. The van der Waals surface area contributed by atoms with Crippen molar-refractivity contribution in [1.82, 2.24) is 9.97 Å². The molecule has 1 aliphatic rings. The SMILES string of the molecule is Cc1nc(Cl)c(NC2CCC(C)(C)C2)nc1C. The van der Waals surface area contributed by atoms with E-state index >= 15 is 0 Å². The molecule has 0 amide bonds. The van der Waals surface area contributed by atoms with Crippen molar-refractivity contribution < 1.29 is 0 Å². The van der Waals surface area contributed by atoms with Crippen LogP contribution in [0.5, 0.6) is 0 Å². The topological polar surface area (TPSA) is 37.8 Å². The third-order valence-electron chi connectivity index (χ3n) is 3.57. The molecule has 1 saturated carbocycles. The number of hydrogen-bond donors (Lipinski definition) is 1. The molecule has 0 aliphatic heterocycles. The summed E-state index contributed by atoms with van der Waals surface area (Å²) in [6, 6.07) is 0.471. The van der Waals surface area contributed by atoms with Gasteiger partial charge in [0.1, 0.15) is 0 Å². The molecule has 1 aliphatic carbocycles. The van der Waals surface area contributed by atoms with Gasteiger partial charge < -0.3 is 5.32 Å². The van der Waals surface area contributed by atoms with E-state index in [-0.39, 0.29) is 0 Å². The summed E-state index contributed by atoms with van der Waals surface area (Å²) in [6.45, 7) is 8.50. The lowest BCUT2D eigenvalue weighted by molar-refractivity contribution is 0.378. The first-order valence-corrected chi connectivity index (χ1v) is 6.52. The second-order valence-corrected chi connectivity index (χ2v) is 6.14. The molecule has 0 spiro atoms. The normalized spacial score (nSPS) is 22.8. The molecule has 1 aromatic heterocycles. The number of anilines is 1. The van der Waals surface area contributed by atoms with E-state index in [9.17, 15) is 0 Å². The van der Waals surface area contributed by atoms with E-state index < -0.39 is 0 Å². The highest BCUT2D eigenvalue weighted by molar-refractivity contribution is 6.31. The Bertz CT molecular complexity index is 429. The summed E-state index contributed by atoms with van der Waals surface area (Å²) in [6.07, 6.45) is 3.59. The molecule has 2 rings (SSSR count). The number of nitrogens with zero attached hydrogens (tertiary/aromatic N) is 2. The van der Waals surface area contributed by atoms with E-state index in [1.54, 1.807) is 0 Å². The fraction of sp³-hybridized carbons (Fsp3) is 0.692. The van der Waals surface area contributed by atoms with Crippen molar-refractivity contribution in [1.29, 1.82) is 0 Å². The number of hydrogen-bond acceptors (Lipinski definition) is 3. The number of halogens is 1. The molecule has 4 heteroatoms. The van der Waals surface area contributed by atoms with Crippen LogP contribution in [0.25, 0.3) is 0 Å². The third kappa shape index (κ3) is 2.89. The Kier molecular flexibility index (Phi) is 3.30. The van der Waals surface area contributed by atoms with Gasteiger partial charge in [0.15, 0.2) is 11.0 Å². The molecular formula is C13H20ClN3. The summed E-state index contributed by atoms with van der Waals surface area (Å²) in [5, 5.41) is 3.91. The number of rotatable bonds is 2. The Balaban J connectivity index is 2.12. The smallest absolute Gasteiger partial charge is 0.171 e. The quantitative estimate of drug-likeness (QED) is 0.873. The van der Waals surface area contributed by atoms with E-state index in [4.69, 9.17) is 11.6 Å². The van der Waals surface area contributed by atoms with E-state index in [1.165, 1.54) is 12.8 Å². The minimum Gasteiger partial charge on any atom is -0.365 e. The van der Waals surface area contributed by atoms with Crippen LogP contribution in [0.1, 0.15) is 44.5 Å². The Labute approximate surface area is 108 Å². The predicted octanol–water partition coefficient (Wildman–Crippen LogP) is 3.74. The Morgan fingerprint density at radius 3 is 2.47 bits per heavy atom. The van der Waals surface area contributed by atoms with E-state index in [2.05, 4.69) is 29.1 Å². The van der Waals surface area contributed by atoms with Gasteiger partial charge in [0, 0.05) is 6.04 Å². The van der Waals surface area contributed by atoms with Gasteiger partial charge in [-0.2, -0.15) is 0 Å². The molecule has 0 aromatic carbocycles. The van der Waals surface area contributed by atoms with Crippen LogP contribution in [0.15, 0.2) is 0 Å². The fourth-order valence-electron chi connectivity index (χ4n) is 2.42. The molecule has 1 heterocycles. The molecule has 1 fully saturated rings. The number of aromatic nitrogens is 2. The zero-order chi connectivity index (χ0) is 12.6. The average molecular weight is 254 g/mol. The molecule has 3 nitrogen and oxygen atoms in total. The maximum Gasteiger partial charge on any atom is 0.171 e. The highest BCUT2D eigenvalue weighted by Crippen LogP contribution is 2.38. The van der Waals surface area contributed by atoms with Crippen LogP contribution in [0.4, 0.5) is 5.82 Å². The highest BCUT2D eigenvalue weighted by Gasteiger charge is 2.31. The van der Waals surface area contributed by atoms with Crippen molar-refractivity contribution in [3.8, 4) is 0 Å². The van der Waals surface area contributed by atoms with Crippen LogP contribution in [0.3, 0.4) is 0 Å². The van der Waals surface area contributed by atoms with Crippen LogP contribution in [-0.2, 0) is 0 Å². The minimum absolute atomic E-state index is 0.428. The summed E-state index contributed by atoms with van der Waals surface area (Å²) in [4.78, 5) is 8.77. The van der Waals surface area contributed by atoms with E-state index in [0.29, 0.717) is 16.6 Å². The molecule has 1 aromatic rings. The largest absolute Gasteiger partial charge is 0.365 e. The van der Waals surface area contributed by atoms with E-state index in [0.717, 1.165) is 23.6 Å². The second-order valence-electron chi connectivity index (χ2n) is 5.78. The first-order valence-electron chi connectivity index (χ1n) is 6.15. The molecule has 0 bridgehead atoms. The third-order valence-corrected chi connectivity index (χ3v) is 3.84. The van der Waals surface area contributed by atoms with E-state index in [1.807, 2.05) is 13.8 Å². The van der Waals surface area contributed by atoms with Crippen LogP contribution in [-0.4, -0.2) is 16.0 Å². The summed E-state index contributed by atoms with van der Waals surface area (Å²) < 4.78 is 0. The van der Waals surface area contributed by atoms with Gasteiger partial charge in [0.2, 0.25) is 0 Å². The van der Waals surface area contributed by atoms with Gasteiger partial charge in [0.05, 0.1) is 11.4 Å². The molecule has 94 valence electrons. The molecule has 1 atom stereocenters. The molecule has 0 saturated heterocycles. The van der Waals surface area contributed by atoms with Crippen LogP contribution < -0.4 is 5.32 Å². The summed E-state index contributed by atoms with van der Waals surface area (Å²) in [7, 11) is 0. The van der Waals surface area contributed by atoms with Crippen LogP contribution in [0.2, 0.25) is 5.15 Å². The van der Waals surface area contributed by atoms with Crippen molar-refractivity contribution in [3.63, 3.8) is 0 Å². The van der Waals surface area contributed by atoms with Gasteiger partial charge >= 0.3 is 0 Å². The molecule has 0 radical (unpaired) electrons. The monoisotopic (exact) mass is 253 g/mol. The number of nitrogens with one attached hydrogen (secondary N) is 1. The molecule has 1 unspecified atom stereocenters. The highest BCUT2D eigenvalue weighted by atomic mass is 35.5. The first kappa shape index (κ1) is 12.6. The van der Waals surface area contributed by atoms with Gasteiger partial charge in [-0.25, -0.2) is 9.97 Å². The maximum absolute atomic E-state index is 6.11. The lowest BCUT2D eigenvalue weighted by atomic mass is 9.92. The average Bonchev–Trinajstić information content (AvgIpc) is 2.54. The first-order chi connectivity index (χ1) is 7.87. The van der Waals surface area contributed by atoms with Crippen molar-refractivity contribution in [3.05, 3.63) is 16.5 Å². The Hall–Kier alpha value is -0.830. The van der Waals surface area contributed by atoms with Gasteiger partial charge in [0.25, 0.3) is 0 Å². The van der Waals surface area contributed by atoms with Gasteiger partial charge in [-0.15, -0.1) is 0 Å². The molecular weight excluding hydrogens is 234 g/mol. The van der Waals surface area contributed by atoms with Gasteiger partial charge in [-0.3, -0.25) is 0 Å². The maximum atomic E-state index is 6.11. The predicted molar refractivity (Wildman–Crippen MR) is 71.6 cm³/mol. The standard InChI is InChI=1S/C13H20ClN3/c1-8-9(2)16-12(11(14)15-8)17-10-5-6-13(3,4)7-10/h10H,5-7H2,1-4H3,(H,16,17). The van der Waals surface area contributed by atoms with Crippen molar-refractivity contribution >= 4 is 17.4 Å². The lowest BCUT2D eigenvalue weighted by Gasteiger charge is -2.18. The van der Waals surface area contributed by atoms with Crippen molar-refractivity contribution in [2.24, 2.45) is 5.41 Å².